The average molecular weight is 252 g/mol. The fourth-order valence-corrected chi connectivity index (χ4v) is 2.35. The molecule has 0 spiro atoms. The molecule has 0 aromatic carbocycles. The van der Waals surface area contributed by atoms with Crippen LogP contribution in [0.3, 0.4) is 0 Å². The Hall–Kier alpha value is -0.830. The molecule has 1 unspecified atom stereocenters. The number of aryl methyl sites for hydroxylation is 1. The third-order valence-electron chi connectivity index (χ3n) is 3.46. The van der Waals surface area contributed by atoms with E-state index in [4.69, 9.17) is 0 Å². The van der Waals surface area contributed by atoms with Crippen LogP contribution in [-0.4, -0.2) is 21.0 Å². The first-order valence-corrected chi connectivity index (χ1v) is 7.28. The van der Waals surface area contributed by atoms with E-state index in [0.717, 1.165) is 37.8 Å². The lowest BCUT2D eigenvalue weighted by atomic mass is 10.0. The van der Waals surface area contributed by atoms with E-state index in [-0.39, 0.29) is 6.10 Å². The van der Waals surface area contributed by atoms with Crippen LogP contribution in [0.2, 0.25) is 0 Å². The number of aromatic nitrogens is 2. The zero-order valence-corrected chi connectivity index (χ0v) is 12.3. The molecule has 0 aliphatic carbocycles. The summed E-state index contributed by atoms with van der Waals surface area (Å²) in [6.45, 7) is 8.68. The molecule has 3 nitrogen and oxygen atoms in total. The van der Waals surface area contributed by atoms with E-state index in [1.807, 2.05) is 0 Å². The number of rotatable bonds is 8. The van der Waals surface area contributed by atoms with Crippen LogP contribution in [0, 0.1) is 5.92 Å². The molecule has 1 aromatic heterocycles. The van der Waals surface area contributed by atoms with Crippen LogP contribution in [0.1, 0.15) is 65.1 Å². The monoisotopic (exact) mass is 252 g/mol. The van der Waals surface area contributed by atoms with Gasteiger partial charge in [-0.15, -0.1) is 0 Å². The van der Waals surface area contributed by atoms with Gasteiger partial charge >= 0.3 is 0 Å². The number of hydrogen-bond acceptors (Lipinski definition) is 2. The molecule has 1 N–H and O–H groups in total. The van der Waals surface area contributed by atoms with Crippen LogP contribution in [0.4, 0.5) is 0 Å². The predicted octanol–water partition coefficient (Wildman–Crippen LogP) is 3.58. The summed E-state index contributed by atoms with van der Waals surface area (Å²) in [7, 11) is 0. The lowest BCUT2D eigenvalue weighted by Crippen LogP contribution is -2.12. The van der Waals surface area contributed by atoms with Crippen molar-refractivity contribution in [1.82, 2.24) is 9.78 Å². The van der Waals surface area contributed by atoms with Crippen molar-refractivity contribution in [2.24, 2.45) is 5.92 Å². The van der Waals surface area contributed by atoms with Crippen LogP contribution in [0.5, 0.6) is 0 Å². The minimum absolute atomic E-state index is 0.191. The molecule has 1 aromatic rings. The second-order valence-electron chi connectivity index (χ2n) is 5.58. The topological polar surface area (TPSA) is 38.0 Å². The van der Waals surface area contributed by atoms with Gasteiger partial charge in [0.15, 0.2) is 0 Å². The van der Waals surface area contributed by atoms with Crippen molar-refractivity contribution in [1.29, 1.82) is 0 Å². The van der Waals surface area contributed by atoms with Crippen molar-refractivity contribution in [2.45, 2.75) is 71.9 Å². The molecule has 0 saturated heterocycles. The van der Waals surface area contributed by atoms with Crippen LogP contribution in [0.15, 0.2) is 12.3 Å². The molecule has 18 heavy (non-hydrogen) atoms. The summed E-state index contributed by atoms with van der Waals surface area (Å²) in [5.41, 5.74) is 1.10. The largest absolute Gasteiger partial charge is 0.393 e. The Kier molecular flexibility index (Phi) is 6.41. The molecular weight excluding hydrogens is 224 g/mol. The van der Waals surface area contributed by atoms with Crippen molar-refractivity contribution < 1.29 is 5.11 Å². The van der Waals surface area contributed by atoms with Crippen LogP contribution >= 0.6 is 0 Å². The van der Waals surface area contributed by atoms with E-state index in [2.05, 4.69) is 49.7 Å². The Morgan fingerprint density at radius 3 is 2.50 bits per heavy atom. The van der Waals surface area contributed by atoms with Crippen molar-refractivity contribution in [2.75, 3.05) is 0 Å². The average Bonchev–Trinajstić information content (AvgIpc) is 2.76. The molecule has 1 heterocycles. The van der Waals surface area contributed by atoms with Gasteiger partial charge in [-0.2, -0.15) is 5.10 Å². The van der Waals surface area contributed by atoms with Gasteiger partial charge in [0, 0.05) is 6.20 Å². The van der Waals surface area contributed by atoms with Crippen LogP contribution < -0.4 is 0 Å². The third kappa shape index (κ3) is 4.81. The van der Waals surface area contributed by atoms with Gasteiger partial charge in [-0.3, -0.25) is 4.68 Å². The Morgan fingerprint density at radius 1 is 1.28 bits per heavy atom. The number of nitrogens with zero attached hydrogens (tertiary/aromatic N) is 2. The molecule has 104 valence electrons. The highest BCUT2D eigenvalue weighted by Gasteiger charge is 2.10. The van der Waals surface area contributed by atoms with Crippen molar-refractivity contribution in [3.63, 3.8) is 0 Å². The number of aliphatic hydroxyl groups is 1. The fourth-order valence-electron chi connectivity index (χ4n) is 2.35. The van der Waals surface area contributed by atoms with Gasteiger partial charge in [0.25, 0.3) is 0 Å². The van der Waals surface area contributed by atoms with E-state index in [0.29, 0.717) is 12.0 Å². The molecule has 0 bridgehead atoms. The van der Waals surface area contributed by atoms with Gasteiger partial charge in [-0.25, -0.2) is 0 Å². The molecule has 0 amide bonds. The zero-order valence-electron chi connectivity index (χ0n) is 12.3. The SMILES string of the molecule is CCC(CC)n1ccc(CCC(O)CC(C)C)n1. The zero-order chi connectivity index (χ0) is 13.5. The summed E-state index contributed by atoms with van der Waals surface area (Å²) < 4.78 is 2.07. The van der Waals surface area contributed by atoms with Crippen molar-refractivity contribution in [3.05, 3.63) is 18.0 Å². The Bertz CT molecular complexity index is 329. The molecular formula is C15H28N2O. The highest BCUT2D eigenvalue weighted by atomic mass is 16.3. The van der Waals surface area contributed by atoms with Crippen LogP contribution in [0.25, 0.3) is 0 Å². The Balaban J connectivity index is 2.44. The highest BCUT2D eigenvalue weighted by molar-refractivity contribution is 5.00. The normalized spacial score (nSPS) is 13.5. The minimum atomic E-state index is -0.191. The summed E-state index contributed by atoms with van der Waals surface area (Å²) in [5.74, 6) is 0.558. The van der Waals surface area contributed by atoms with E-state index < -0.39 is 0 Å². The van der Waals surface area contributed by atoms with Gasteiger partial charge < -0.3 is 5.11 Å². The third-order valence-corrected chi connectivity index (χ3v) is 3.46. The van der Waals surface area contributed by atoms with Gasteiger partial charge in [-0.1, -0.05) is 27.7 Å². The van der Waals surface area contributed by atoms with Gasteiger partial charge in [0.05, 0.1) is 17.8 Å². The molecule has 1 atom stereocenters. The summed E-state index contributed by atoms with van der Waals surface area (Å²) in [5, 5.41) is 14.5. The second kappa shape index (κ2) is 7.57. The van der Waals surface area contributed by atoms with Crippen LogP contribution in [-0.2, 0) is 6.42 Å². The predicted molar refractivity (Wildman–Crippen MR) is 75.6 cm³/mol. The van der Waals surface area contributed by atoms with E-state index in [9.17, 15) is 5.11 Å². The molecule has 0 aliphatic rings. The molecule has 3 heteroatoms. The van der Waals surface area contributed by atoms with Crippen molar-refractivity contribution in [3.8, 4) is 0 Å². The van der Waals surface area contributed by atoms with E-state index >= 15 is 0 Å². The van der Waals surface area contributed by atoms with E-state index in [1.165, 1.54) is 0 Å². The summed E-state index contributed by atoms with van der Waals surface area (Å²) >= 11 is 0. The molecule has 0 radical (unpaired) electrons. The van der Waals surface area contributed by atoms with E-state index in [1.54, 1.807) is 0 Å². The maximum atomic E-state index is 9.85. The first-order chi connectivity index (χ1) is 8.56. The van der Waals surface area contributed by atoms with Gasteiger partial charge in [-0.05, 0) is 44.1 Å². The smallest absolute Gasteiger partial charge is 0.0625 e. The van der Waals surface area contributed by atoms with Gasteiger partial charge in [0.2, 0.25) is 0 Å². The standard InChI is InChI=1S/C15H28N2O/c1-5-14(6-2)17-10-9-13(16-17)7-8-15(18)11-12(3)4/h9-10,12,14-15,18H,5-8,11H2,1-4H3. The Labute approximate surface area is 111 Å². The van der Waals surface area contributed by atoms with Crippen molar-refractivity contribution >= 4 is 0 Å². The number of aliphatic hydroxyl groups excluding tert-OH is 1. The maximum Gasteiger partial charge on any atom is 0.0625 e. The molecule has 0 fully saturated rings. The number of hydrogen-bond donors (Lipinski definition) is 1. The maximum absolute atomic E-state index is 9.85. The Morgan fingerprint density at radius 2 is 1.94 bits per heavy atom. The molecule has 1 rings (SSSR count). The first kappa shape index (κ1) is 15.2. The lowest BCUT2D eigenvalue weighted by Gasteiger charge is -2.13. The first-order valence-electron chi connectivity index (χ1n) is 7.28. The lowest BCUT2D eigenvalue weighted by molar-refractivity contribution is 0.139. The summed E-state index contributed by atoms with van der Waals surface area (Å²) in [6.07, 6.45) is 6.69. The molecule has 0 saturated carbocycles. The van der Waals surface area contributed by atoms with Gasteiger partial charge in [0.1, 0.15) is 0 Å². The quantitative estimate of drug-likeness (QED) is 0.768. The minimum Gasteiger partial charge on any atom is -0.393 e. The highest BCUT2D eigenvalue weighted by Crippen LogP contribution is 2.16. The molecule has 0 aliphatic heterocycles. The summed E-state index contributed by atoms with van der Waals surface area (Å²) in [6, 6.07) is 2.60. The second-order valence-corrected chi connectivity index (χ2v) is 5.58. The summed E-state index contributed by atoms with van der Waals surface area (Å²) in [4.78, 5) is 0. The fraction of sp³-hybridized carbons (Fsp3) is 0.800.